The lowest BCUT2D eigenvalue weighted by atomic mass is 9.98. The summed E-state index contributed by atoms with van der Waals surface area (Å²) in [5.74, 6) is -0.154. The summed E-state index contributed by atoms with van der Waals surface area (Å²) in [4.78, 5) is 0. The molecule has 0 N–H and O–H groups in total. The maximum atomic E-state index is 12.7. The fourth-order valence-electron chi connectivity index (χ4n) is 1.82. The molecule has 0 heterocycles. The Labute approximate surface area is 90.1 Å². The monoisotopic (exact) mass is 202 g/mol. The maximum Gasteiger partial charge on any atom is 0.123 e. The predicted octanol–water partition coefficient (Wildman–Crippen LogP) is 4.03. The van der Waals surface area contributed by atoms with Gasteiger partial charge >= 0.3 is 0 Å². The van der Waals surface area contributed by atoms with Gasteiger partial charge in [-0.3, -0.25) is 0 Å². The zero-order valence-electron chi connectivity index (χ0n) is 8.75. The van der Waals surface area contributed by atoms with E-state index in [2.05, 4.69) is 18.2 Å². The lowest BCUT2D eigenvalue weighted by Crippen LogP contribution is -1.92. The van der Waals surface area contributed by atoms with Gasteiger partial charge in [0.1, 0.15) is 5.82 Å². The smallest absolute Gasteiger partial charge is 0.123 e. The zero-order valence-corrected chi connectivity index (χ0v) is 8.75. The van der Waals surface area contributed by atoms with Crippen molar-refractivity contribution in [3.63, 3.8) is 0 Å². The van der Waals surface area contributed by atoms with Gasteiger partial charge in [0.15, 0.2) is 0 Å². The summed E-state index contributed by atoms with van der Waals surface area (Å²) >= 11 is 0. The van der Waals surface area contributed by atoms with Crippen LogP contribution in [0.25, 0.3) is 0 Å². The predicted molar refractivity (Wildman–Crippen MR) is 61.2 cm³/mol. The molecule has 0 atom stereocenters. The fraction of sp³-hybridized carbons (Fsp3) is 0.286. The van der Waals surface area contributed by atoms with E-state index in [0.29, 0.717) is 0 Å². The molecular formula is C14H15F. The first-order valence-corrected chi connectivity index (χ1v) is 5.43. The normalized spacial score (nSPS) is 15.1. The van der Waals surface area contributed by atoms with Crippen molar-refractivity contribution in [1.82, 2.24) is 0 Å². The zero-order chi connectivity index (χ0) is 10.5. The van der Waals surface area contributed by atoms with Crippen LogP contribution in [0.5, 0.6) is 0 Å². The first kappa shape index (κ1) is 10.2. The van der Waals surface area contributed by atoms with Crippen LogP contribution in [-0.4, -0.2) is 0 Å². The van der Waals surface area contributed by atoms with Crippen LogP contribution in [0.3, 0.4) is 0 Å². The number of allylic oxidation sites excluding steroid dienone is 4. The topological polar surface area (TPSA) is 0 Å². The van der Waals surface area contributed by atoms with Gasteiger partial charge in [-0.15, -0.1) is 0 Å². The van der Waals surface area contributed by atoms with Crippen molar-refractivity contribution >= 4 is 0 Å². The van der Waals surface area contributed by atoms with Gasteiger partial charge in [-0.25, -0.2) is 4.39 Å². The Morgan fingerprint density at radius 1 is 1.07 bits per heavy atom. The highest BCUT2D eigenvalue weighted by molar-refractivity contribution is 5.21. The van der Waals surface area contributed by atoms with Crippen molar-refractivity contribution < 1.29 is 4.39 Å². The summed E-state index contributed by atoms with van der Waals surface area (Å²) in [7, 11) is 0. The Bertz CT molecular complexity index is 371. The van der Waals surface area contributed by atoms with Crippen molar-refractivity contribution in [1.29, 1.82) is 0 Å². The number of benzene rings is 1. The Kier molecular flexibility index (Phi) is 3.33. The molecule has 0 unspecified atom stereocenters. The third-order valence-electron chi connectivity index (χ3n) is 2.75. The minimum absolute atomic E-state index is 0.154. The SMILES string of the molecule is Fc1ccc(CCC2=CC=CCC2)cc1. The van der Waals surface area contributed by atoms with Gasteiger partial charge < -0.3 is 0 Å². The third kappa shape index (κ3) is 3.05. The van der Waals surface area contributed by atoms with Crippen molar-refractivity contribution in [2.45, 2.75) is 25.7 Å². The van der Waals surface area contributed by atoms with E-state index in [-0.39, 0.29) is 5.82 Å². The molecule has 78 valence electrons. The average molecular weight is 202 g/mol. The molecule has 0 aromatic heterocycles. The average Bonchev–Trinajstić information content (AvgIpc) is 2.30. The molecule has 0 saturated heterocycles. The lowest BCUT2D eigenvalue weighted by molar-refractivity contribution is 0.627. The largest absolute Gasteiger partial charge is 0.207 e. The van der Waals surface area contributed by atoms with E-state index in [1.807, 2.05) is 12.1 Å². The molecule has 0 aliphatic heterocycles. The molecule has 1 aromatic carbocycles. The van der Waals surface area contributed by atoms with Crippen LogP contribution in [0.1, 0.15) is 24.8 Å². The van der Waals surface area contributed by atoms with E-state index >= 15 is 0 Å². The van der Waals surface area contributed by atoms with E-state index in [1.165, 1.54) is 29.7 Å². The lowest BCUT2D eigenvalue weighted by Gasteiger charge is -2.08. The van der Waals surface area contributed by atoms with Gasteiger partial charge in [0, 0.05) is 0 Å². The molecule has 2 rings (SSSR count). The van der Waals surface area contributed by atoms with E-state index < -0.39 is 0 Å². The molecule has 1 aromatic rings. The molecule has 1 heteroatoms. The van der Waals surface area contributed by atoms with Crippen LogP contribution in [-0.2, 0) is 6.42 Å². The molecule has 0 spiro atoms. The second kappa shape index (κ2) is 4.92. The summed E-state index contributed by atoms with van der Waals surface area (Å²) in [5, 5.41) is 0. The molecule has 0 fully saturated rings. The number of hydrogen-bond acceptors (Lipinski definition) is 0. The van der Waals surface area contributed by atoms with Crippen LogP contribution in [0.2, 0.25) is 0 Å². The van der Waals surface area contributed by atoms with Crippen LogP contribution in [0.4, 0.5) is 4.39 Å². The van der Waals surface area contributed by atoms with E-state index in [4.69, 9.17) is 0 Å². The number of aryl methyl sites for hydroxylation is 1. The van der Waals surface area contributed by atoms with Gasteiger partial charge in [0.2, 0.25) is 0 Å². The minimum atomic E-state index is -0.154. The van der Waals surface area contributed by atoms with Crippen molar-refractivity contribution in [3.8, 4) is 0 Å². The highest BCUT2D eigenvalue weighted by Gasteiger charge is 2.00. The summed E-state index contributed by atoms with van der Waals surface area (Å²) in [6.07, 6.45) is 11.0. The highest BCUT2D eigenvalue weighted by Crippen LogP contribution is 2.17. The summed E-state index contributed by atoms with van der Waals surface area (Å²) in [5.41, 5.74) is 2.72. The molecule has 15 heavy (non-hydrogen) atoms. The third-order valence-corrected chi connectivity index (χ3v) is 2.75. The summed E-state index contributed by atoms with van der Waals surface area (Å²) in [6.45, 7) is 0. The van der Waals surface area contributed by atoms with Crippen LogP contribution in [0.15, 0.2) is 48.1 Å². The second-order valence-electron chi connectivity index (χ2n) is 3.92. The Hall–Kier alpha value is -1.37. The number of hydrogen-bond donors (Lipinski definition) is 0. The summed E-state index contributed by atoms with van der Waals surface area (Å²) in [6, 6.07) is 6.80. The fourth-order valence-corrected chi connectivity index (χ4v) is 1.82. The molecule has 1 aliphatic carbocycles. The van der Waals surface area contributed by atoms with Crippen molar-refractivity contribution in [3.05, 3.63) is 59.4 Å². The molecular weight excluding hydrogens is 187 g/mol. The molecule has 0 amide bonds. The number of rotatable bonds is 3. The Balaban J connectivity index is 1.90. The van der Waals surface area contributed by atoms with E-state index in [1.54, 1.807) is 0 Å². The standard InChI is InChI=1S/C14H15F/c15-14-10-8-13(9-11-14)7-6-12-4-2-1-3-5-12/h1-2,4,8-11H,3,5-7H2. The first-order valence-electron chi connectivity index (χ1n) is 5.43. The van der Waals surface area contributed by atoms with Gasteiger partial charge in [-0.2, -0.15) is 0 Å². The van der Waals surface area contributed by atoms with E-state index in [0.717, 1.165) is 19.3 Å². The van der Waals surface area contributed by atoms with Crippen LogP contribution in [0, 0.1) is 5.82 Å². The Morgan fingerprint density at radius 3 is 2.53 bits per heavy atom. The molecule has 0 radical (unpaired) electrons. The van der Waals surface area contributed by atoms with Crippen LogP contribution >= 0.6 is 0 Å². The highest BCUT2D eigenvalue weighted by atomic mass is 19.1. The van der Waals surface area contributed by atoms with Crippen molar-refractivity contribution in [2.75, 3.05) is 0 Å². The first-order chi connectivity index (χ1) is 7.34. The minimum Gasteiger partial charge on any atom is -0.207 e. The maximum absolute atomic E-state index is 12.7. The van der Waals surface area contributed by atoms with Crippen molar-refractivity contribution in [2.24, 2.45) is 0 Å². The van der Waals surface area contributed by atoms with Crippen LogP contribution < -0.4 is 0 Å². The molecule has 1 aliphatic rings. The quantitative estimate of drug-likeness (QED) is 0.694. The van der Waals surface area contributed by atoms with Gasteiger partial charge in [-0.05, 0) is 43.4 Å². The summed E-state index contributed by atoms with van der Waals surface area (Å²) < 4.78 is 12.7. The van der Waals surface area contributed by atoms with Gasteiger partial charge in [-0.1, -0.05) is 35.9 Å². The Morgan fingerprint density at radius 2 is 1.87 bits per heavy atom. The van der Waals surface area contributed by atoms with Gasteiger partial charge in [0.05, 0.1) is 0 Å². The second-order valence-corrected chi connectivity index (χ2v) is 3.92. The number of halogens is 1. The molecule has 0 nitrogen and oxygen atoms in total. The molecule has 0 bridgehead atoms. The van der Waals surface area contributed by atoms with Gasteiger partial charge in [0.25, 0.3) is 0 Å². The molecule has 0 saturated carbocycles. The van der Waals surface area contributed by atoms with E-state index in [9.17, 15) is 4.39 Å².